The number of urea groups is 1. The van der Waals surface area contributed by atoms with Crippen LogP contribution in [0.15, 0.2) is 6.07 Å². The number of hydrogen-bond donors (Lipinski definition) is 3. The third kappa shape index (κ3) is 3.96. The number of anilines is 1. The van der Waals surface area contributed by atoms with Gasteiger partial charge in [0, 0.05) is 13.1 Å². The first-order chi connectivity index (χ1) is 9.50. The SMILES string of the molecule is CCCc1cc(NC(=O)NC(CC)(CC)CO)n(C)n1. The maximum Gasteiger partial charge on any atom is 0.320 e. The van der Waals surface area contributed by atoms with Crippen LogP contribution < -0.4 is 10.6 Å². The Morgan fingerprint density at radius 2 is 2.05 bits per heavy atom. The van der Waals surface area contributed by atoms with E-state index in [0.29, 0.717) is 18.7 Å². The standard InChI is InChI=1S/C14H26N4O2/c1-5-8-11-9-12(18(4)17-11)15-13(20)16-14(6-2,7-3)10-19/h9,19H,5-8,10H2,1-4H3,(H2,15,16,20). The molecule has 1 rings (SSSR count). The number of aliphatic hydroxyl groups excluding tert-OH is 1. The van der Waals surface area contributed by atoms with Crippen LogP contribution in [0.4, 0.5) is 10.6 Å². The van der Waals surface area contributed by atoms with Crippen LogP contribution in [0.5, 0.6) is 0 Å². The Morgan fingerprint density at radius 1 is 1.40 bits per heavy atom. The van der Waals surface area contributed by atoms with Gasteiger partial charge in [0.15, 0.2) is 0 Å². The molecule has 6 nitrogen and oxygen atoms in total. The van der Waals surface area contributed by atoms with E-state index in [0.717, 1.165) is 18.5 Å². The van der Waals surface area contributed by atoms with Crippen molar-refractivity contribution in [2.45, 2.75) is 52.0 Å². The first kappa shape index (κ1) is 16.5. The Balaban J connectivity index is 2.70. The van der Waals surface area contributed by atoms with Crippen molar-refractivity contribution in [3.05, 3.63) is 11.8 Å². The van der Waals surface area contributed by atoms with Crippen LogP contribution in [0.3, 0.4) is 0 Å². The second kappa shape index (κ2) is 7.28. The average Bonchev–Trinajstić information content (AvgIpc) is 2.77. The third-order valence-electron chi connectivity index (χ3n) is 3.71. The molecule has 6 heteroatoms. The second-order valence-electron chi connectivity index (χ2n) is 5.12. The minimum atomic E-state index is -0.561. The Labute approximate surface area is 120 Å². The van der Waals surface area contributed by atoms with Gasteiger partial charge < -0.3 is 10.4 Å². The predicted molar refractivity (Wildman–Crippen MR) is 79.8 cm³/mol. The van der Waals surface area contributed by atoms with Crippen molar-refractivity contribution in [3.63, 3.8) is 0 Å². The lowest BCUT2D eigenvalue weighted by Gasteiger charge is -2.30. The second-order valence-corrected chi connectivity index (χ2v) is 5.12. The summed E-state index contributed by atoms with van der Waals surface area (Å²) >= 11 is 0. The van der Waals surface area contributed by atoms with Gasteiger partial charge in [-0.3, -0.25) is 10.00 Å². The first-order valence-electron chi connectivity index (χ1n) is 7.23. The third-order valence-corrected chi connectivity index (χ3v) is 3.71. The fourth-order valence-electron chi connectivity index (χ4n) is 2.10. The molecule has 0 bridgehead atoms. The Morgan fingerprint density at radius 3 is 2.55 bits per heavy atom. The molecule has 0 atom stereocenters. The highest BCUT2D eigenvalue weighted by Gasteiger charge is 2.27. The van der Waals surface area contributed by atoms with E-state index in [-0.39, 0.29) is 12.6 Å². The van der Waals surface area contributed by atoms with E-state index in [4.69, 9.17) is 0 Å². The first-order valence-corrected chi connectivity index (χ1v) is 7.23. The Hall–Kier alpha value is -1.56. The van der Waals surface area contributed by atoms with Gasteiger partial charge in [-0.15, -0.1) is 0 Å². The molecule has 0 radical (unpaired) electrons. The fraction of sp³-hybridized carbons (Fsp3) is 0.714. The molecule has 20 heavy (non-hydrogen) atoms. The molecule has 0 aromatic carbocycles. The van der Waals surface area contributed by atoms with Gasteiger partial charge in [0.2, 0.25) is 0 Å². The lowest BCUT2D eigenvalue weighted by Crippen LogP contribution is -2.52. The van der Waals surface area contributed by atoms with Crippen LogP contribution in [0.1, 0.15) is 45.7 Å². The highest BCUT2D eigenvalue weighted by molar-refractivity contribution is 5.89. The highest BCUT2D eigenvalue weighted by atomic mass is 16.3. The summed E-state index contributed by atoms with van der Waals surface area (Å²) in [5, 5.41) is 19.4. The number of amides is 2. The number of aryl methyl sites for hydroxylation is 2. The van der Waals surface area contributed by atoms with Gasteiger partial charge in [-0.25, -0.2) is 4.79 Å². The number of aromatic nitrogens is 2. The average molecular weight is 282 g/mol. The molecule has 0 fully saturated rings. The molecule has 3 N–H and O–H groups in total. The molecule has 1 heterocycles. The summed E-state index contributed by atoms with van der Waals surface area (Å²) in [5.41, 5.74) is 0.402. The lowest BCUT2D eigenvalue weighted by molar-refractivity contribution is 0.155. The summed E-state index contributed by atoms with van der Waals surface area (Å²) < 4.78 is 1.66. The van der Waals surface area contributed by atoms with Crippen LogP contribution in [0, 0.1) is 0 Å². The van der Waals surface area contributed by atoms with Gasteiger partial charge in [-0.1, -0.05) is 27.2 Å². The molecule has 0 aliphatic heterocycles. The van der Waals surface area contributed by atoms with Crippen molar-refractivity contribution in [3.8, 4) is 0 Å². The van der Waals surface area contributed by atoms with E-state index in [2.05, 4.69) is 22.7 Å². The van der Waals surface area contributed by atoms with Gasteiger partial charge in [-0.05, 0) is 19.3 Å². The van der Waals surface area contributed by atoms with E-state index < -0.39 is 5.54 Å². The van der Waals surface area contributed by atoms with Crippen LogP contribution in [0.2, 0.25) is 0 Å². The van der Waals surface area contributed by atoms with Crippen molar-refractivity contribution in [1.82, 2.24) is 15.1 Å². The zero-order valence-corrected chi connectivity index (χ0v) is 12.9. The van der Waals surface area contributed by atoms with Crippen LogP contribution in [-0.4, -0.2) is 33.1 Å². The summed E-state index contributed by atoms with van der Waals surface area (Å²) in [6.45, 7) is 5.92. The number of nitrogens with zero attached hydrogens (tertiary/aromatic N) is 2. The molecule has 0 aliphatic rings. The van der Waals surface area contributed by atoms with Gasteiger partial charge >= 0.3 is 6.03 Å². The van der Waals surface area contributed by atoms with Crippen molar-refractivity contribution in [2.24, 2.45) is 7.05 Å². The molecule has 0 saturated carbocycles. The molecule has 114 valence electrons. The quantitative estimate of drug-likeness (QED) is 0.716. The van der Waals surface area contributed by atoms with Gasteiger partial charge in [0.05, 0.1) is 17.8 Å². The maximum atomic E-state index is 12.0. The van der Waals surface area contributed by atoms with Crippen LogP contribution >= 0.6 is 0 Å². The van der Waals surface area contributed by atoms with Crippen molar-refractivity contribution in [1.29, 1.82) is 0 Å². The lowest BCUT2D eigenvalue weighted by atomic mass is 9.94. The van der Waals surface area contributed by atoms with Gasteiger partial charge in [0.25, 0.3) is 0 Å². The monoisotopic (exact) mass is 282 g/mol. The normalized spacial score (nSPS) is 11.4. The molecular weight excluding hydrogens is 256 g/mol. The molecular formula is C14H26N4O2. The highest BCUT2D eigenvalue weighted by Crippen LogP contribution is 2.15. The van der Waals surface area contributed by atoms with E-state index >= 15 is 0 Å². The maximum absolute atomic E-state index is 12.0. The zero-order valence-electron chi connectivity index (χ0n) is 12.9. The topological polar surface area (TPSA) is 79.2 Å². The van der Waals surface area contributed by atoms with Gasteiger partial charge in [-0.2, -0.15) is 5.10 Å². The molecule has 2 amide bonds. The van der Waals surface area contributed by atoms with E-state index in [9.17, 15) is 9.90 Å². The Kier molecular flexibility index (Phi) is 6.01. The zero-order chi connectivity index (χ0) is 15.2. The number of aliphatic hydroxyl groups is 1. The number of rotatable bonds is 7. The molecule has 0 saturated heterocycles. The molecule has 0 unspecified atom stereocenters. The summed E-state index contributed by atoms with van der Waals surface area (Å²) in [6, 6.07) is 1.57. The van der Waals surface area contributed by atoms with E-state index in [1.807, 2.05) is 19.9 Å². The summed E-state index contributed by atoms with van der Waals surface area (Å²) in [6.07, 6.45) is 3.27. The van der Waals surface area contributed by atoms with Crippen LogP contribution in [-0.2, 0) is 13.5 Å². The predicted octanol–water partition coefficient (Wildman–Crippen LogP) is 2.05. The van der Waals surface area contributed by atoms with Crippen molar-refractivity contribution >= 4 is 11.8 Å². The minimum absolute atomic E-state index is 0.0696. The van der Waals surface area contributed by atoms with E-state index in [1.54, 1.807) is 11.7 Å². The summed E-state index contributed by atoms with van der Waals surface area (Å²) in [5.74, 6) is 0.657. The molecule has 0 aliphatic carbocycles. The van der Waals surface area contributed by atoms with E-state index in [1.165, 1.54) is 0 Å². The van der Waals surface area contributed by atoms with Crippen molar-refractivity contribution < 1.29 is 9.90 Å². The largest absolute Gasteiger partial charge is 0.394 e. The minimum Gasteiger partial charge on any atom is -0.394 e. The Bertz CT molecular complexity index is 430. The number of nitrogens with one attached hydrogen (secondary N) is 2. The number of carbonyl (C=O) groups excluding carboxylic acids is 1. The fourth-order valence-corrected chi connectivity index (χ4v) is 2.10. The molecule has 1 aromatic rings. The number of carbonyl (C=O) groups is 1. The molecule has 0 spiro atoms. The molecule has 1 aromatic heterocycles. The number of hydrogen-bond acceptors (Lipinski definition) is 3. The van der Waals surface area contributed by atoms with Crippen LogP contribution in [0.25, 0.3) is 0 Å². The van der Waals surface area contributed by atoms with Crippen molar-refractivity contribution in [2.75, 3.05) is 11.9 Å². The summed E-state index contributed by atoms with van der Waals surface area (Å²) in [7, 11) is 1.80. The smallest absolute Gasteiger partial charge is 0.320 e. The van der Waals surface area contributed by atoms with Gasteiger partial charge in [0.1, 0.15) is 5.82 Å². The summed E-state index contributed by atoms with van der Waals surface area (Å²) in [4.78, 5) is 12.0.